The second-order valence-corrected chi connectivity index (χ2v) is 7.50. The van der Waals surface area contributed by atoms with Crippen LogP contribution >= 0.6 is 0 Å². The van der Waals surface area contributed by atoms with E-state index in [4.69, 9.17) is 4.74 Å². The number of likely N-dealkylation sites (tertiary alicyclic amines) is 1. The third-order valence-corrected chi connectivity index (χ3v) is 5.36. The Hall–Kier alpha value is -1.89. The van der Waals surface area contributed by atoms with Gasteiger partial charge in [0.05, 0.1) is 17.5 Å². The summed E-state index contributed by atoms with van der Waals surface area (Å²) in [5.74, 6) is -1.59. The zero-order valence-corrected chi connectivity index (χ0v) is 15.1. The molecule has 1 aromatic heterocycles. The minimum Gasteiger partial charge on any atom is -0.481 e. The Morgan fingerprint density at radius 1 is 1.32 bits per heavy atom. The van der Waals surface area contributed by atoms with E-state index in [0.717, 1.165) is 18.5 Å². The summed E-state index contributed by atoms with van der Waals surface area (Å²) in [6, 6.07) is 2.11. The number of carbonyl (C=O) groups excluding carboxylic acids is 1. The molecular weight excluding hydrogens is 322 g/mol. The van der Waals surface area contributed by atoms with Crippen LogP contribution in [-0.2, 0) is 14.3 Å². The molecule has 1 N–H and O–H groups in total. The summed E-state index contributed by atoms with van der Waals surface area (Å²) in [5.41, 5.74) is 0.926. The number of carboxylic acid groups (broad SMARTS) is 1. The summed E-state index contributed by atoms with van der Waals surface area (Å²) >= 11 is 0. The van der Waals surface area contributed by atoms with Crippen molar-refractivity contribution in [3.05, 3.63) is 18.0 Å². The standard InChI is InChI=1S/C18H27N3O4/c1-11(2)21-15(6-7-19-21)16-13(5-4-8-25-16)17(22)20-9-12(3)14(10-20)18(23)24/h6-7,11-14,16H,4-5,8-10H2,1-3H3,(H,23,24)/t12-,13-,14-,16-/m1/s1. The second-order valence-electron chi connectivity index (χ2n) is 7.50. The molecule has 2 aliphatic rings. The van der Waals surface area contributed by atoms with Gasteiger partial charge in [-0.1, -0.05) is 6.92 Å². The second kappa shape index (κ2) is 7.15. The van der Waals surface area contributed by atoms with E-state index < -0.39 is 11.9 Å². The lowest BCUT2D eigenvalue weighted by Gasteiger charge is -2.34. The van der Waals surface area contributed by atoms with Crippen LogP contribution in [0.1, 0.15) is 51.5 Å². The molecule has 0 saturated carbocycles. The first-order chi connectivity index (χ1) is 11.9. The van der Waals surface area contributed by atoms with Gasteiger partial charge in [0.15, 0.2) is 0 Å². The number of aromatic nitrogens is 2. The summed E-state index contributed by atoms with van der Waals surface area (Å²) in [4.78, 5) is 26.2. The number of aliphatic carboxylic acids is 1. The fourth-order valence-corrected chi connectivity index (χ4v) is 4.01. The van der Waals surface area contributed by atoms with Crippen molar-refractivity contribution in [2.45, 2.75) is 45.8 Å². The fourth-order valence-electron chi connectivity index (χ4n) is 4.01. The minimum atomic E-state index is -0.822. The van der Waals surface area contributed by atoms with Crippen molar-refractivity contribution < 1.29 is 19.4 Å². The quantitative estimate of drug-likeness (QED) is 0.900. The Morgan fingerprint density at radius 3 is 2.72 bits per heavy atom. The lowest BCUT2D eigenvalue weighted by atomic mass is 9.90. The van der Waals surface area contributed by atoms with Crippen molar-refractivity contribution >= 4 is 11.9 Å². The third-order valence-electron chi connectivity index (χ3n) is 5.36. The van der Waals surface area contributed by atoms with E-state index >= 15 is 0 Å². The fraction of sp³-hybridized carbons (Fsp3) is 0.722. The smallest absolute Gasteiger partial charge is 0.308 e. The van der Waals surface area contributed by atoms with Crippen LogP contribution in [0.3, 0.4) is 0 Å². The molecule has 2 fully saturated rings. The average molecular weight is 349 g/mol. The van der Waals surface area contributed by atoms with E-state index in [-0.39, 0.29) is 29.9 Å². The van der Waals surface area contributed by atoms with Crippen molar-refractivity contribution in [2.75, 3.05) is 19.7 Å². The average Bonchev–Trinajstić information content (AvgIpc) is 3.20. The van der Waals surface area contributed by atoms with Crippen LogP contribution in [0, 0.1) is 17.8 Å². The van der Waals surface area contributed by atoms with E-state index in [1.165, 1.54) is 0 Å². The third kappa shape index (κ3) is 3.42. The molecule has 0 unspecified atom stereocenters. The first kappa shape index (κ1) is 17.9. The van der Waals surface area contributed by atoms with Crippen LogP contribution in [-0.4, -0.2) is 51.4 Å². The van der Waals surface area contributed by atoms with Crippen LogP contribution in [0.25, 0.3) is 0 Å². The van der Waals surface area contributed by atoms with Gasteiger partial charge in [0.2, 0.25) is 5.91 Å². The molecule has 0 bridgehead atoms. The molecule has 4 atom stereocenters. The molecule has 1 amide bonds. The van der Waals surface area contributed by atoms with E-state index in [2.05, 4.69) is 18.9 Å². The highest BCUT2D eigenvalue weighted by Crippen LogP contribution is 2.37. The molecular formula is C18H27N3O4. The number of rotatable bonds is 4. The zero-order valence-electron chi connectivity index (χ0n) is 15.1. The van der Waals surface area contributed by atoms with E-state index in [1.807, 2.05) is 17.7 Å². The van der Waals surface area contributed by atoms with E-state index in [1.54, 1.807) is 11.1 Å². The van der Waals surface area contributed by atoms with Gasteiger partial charge in [-0.05, 0) is 38.7 Å². The van der Waals surface area contributed by atoms with Crippen LogP contribution in [0.15, 0.2) is 12.3 Å². The molecule has 0 radical (unpaired) electrons. The Labute approximate surface area is 147 Å². The summed E-state index contributed by atoms with van der Waals surface area (Å²) in [7, 11) is 0. The highest BCUT2D eigenvalue weighted by Gasteiger charge is 2.42. The normalized spacial score (nSPS) is 30.0. The lowest BCUT2D eigenvalue weighted by Crippen LogP contribution is -2.40. The van der Waals surface area contributed by atoms with E-state index in [9.17, 15) is 14.7 Å². The van der Waals surface area contributed by atoms with Crippen molar-refractivity contribution in [3.8, 4) is 0 Å². The predicted molar refractivity (Wildman–Crippen MR) is 90.9 cm³/mol. The molecule has 1 aromatic rings. The molecule has 2 aliphatic heterocycles. The molecule has 138 valence electrons. The Kier molecular flexibility index (Phi) is 5.13. The van der Waals surface area contributed by atoms with Gasteiger partial charge in [0, 0.05) is 31.9 Å². The van der Waals surface area contributed by atoms with Crippen LogP contribution in [0.4, 0.5) is 0 Å². The van der Waals surface area contributed by atoms with Gasteiger partial charge in [-0.2, -0.15) is 5.10 Å². The summed E-state index contributed by atoms with van der Waals surface area (Å²) in [5, 5.41) is 13.7. The summed E-state index contributed by atoms with van der Waals surface area (Å²) in [6.45, 7) is 7.43. The maximum absolute atomic E-state index is 13.1. The lowest BCUT2D eigenvalue weighted by molar-refractivity contribution is -0.146. The van der Waals surface area contributed by atoms with Gasteiger partial charge in [0.25, 0.3) is 0 Å². The molecule has 2 saturated heterocycles. The van der Waals surface area contributed by atoms with Crippen molar-refractivity contribution in [3.63, 3.8) is 0 Å². The van der Waals surface area contributed by atoms with Crippen LogP contribution in [0.2, 0.25) is 0 Å². The maximum Gasteiger partial charge on any atom is 0.308 e. The van der Waals surface area contributed by atoms with Crippen molar-refractivity contribution in [1.82, 2.24) is 14.7 Å². The van der Waals surface area contributed by atoms with Gasteiger partial charge < -0.3 is 14.7 Å². The predicted octanol–water partition coefficient (Wildman–Crippen LogP) is 2.11. The molecule has 3 heterocycles. The minimum absolute atomic E-state index is 0.0109. The maximum atomic E-state index is 13.1. The molecule has 7 heteroatoms. The van der Waals surface area contributed by atoms with Gasteiger partial charge in [-0.25, -0.2) is 0 Å². The molecule has 0 aromatic carbocycles. The number of amides is 1. The van der Waals surface area contributed by atoms with Gasteiger partial charge in [0.1, 0.15) is 6.10 Å². The summed E-state index contributed by atoms with van der Waals surface area (Å²) in [6.07, 6.45) is 3.03. The number of hydrogen-bond donors (Lipinski definition) is 1. The van der Waals surface area contributed by atoms with Crippen molar-refractivity contribution in [1.29, 1.82) is 0 Å². The number of carbonyl (C=O) groups is 2. The number of carboxylic acids is 1. The SMILES string of the molecule is CC(C)n1nccc1[C@@H]1OCCC[C@H]1C(=O)N1C[C@@H](C)[C@H](C(=O)O)C1. The van der Waals surface area contributed by atoms with Crippen molar-refractivity contribution in [2.24, 2.45) is 17.8 Å². The first-order valence-electron chi connectivity index (χ1n) is 9.06. The molecule has 3 rings (SSSR count). The Balaban J connectivity index is 1.80. The topological polar surface area (TPSA) is 84.7 Å². The Morgan fingerprint density at radius 2 is 2.08 bits per heavy atom. The number of ether oxygens (including phenoxy) is 1. The molecule has 7 nitrogen and oxygen atoms in total. The summed E-state index contributed by atoms with van der Waals surface area (Å²) < 4.78 is 7.89. The van der Waals surface area contributed by atoms with E-state index in [0.29, 0.717) is 19.7 Å². The van der Waals surface area contributed by atoms with Gasteiger partial charge in [-0.3, -0.25) is 14.3 Å². The van der Waals surface area contributed by atoms with Crippen LogP contribution in [0.5, 0.6) is 0 Å². The first-order valence-corrected chi connectivity index (χ1v) is 9.06. The largest absolute Gasteiger partial charge is 0.481 e. The molecule has 0 aliphatic carbocycles. The monoisotopic (exact) mass is 349 g/mol. The highest BCUT2D eigenvalue weighted by molar-refractivity contribution is 5.81. The Bertz CT molecular complexity index is 642. The molecule has 25 heavy (non-hydrogen) atoms. The number of nitrogens with zero attached hydrogens (tertiary/aromatic N) is 3. The van der Waals surface area contributed by atoms with Gasteiger partial charge >= 0.3 is 5.97 Å². The highest BCUT2D eigenvalue weighted by atomic mass is 16.5. The van der Waals surface area contributed by atoms with Gasteiger partial charge in [-0.15, -0.1) is 0 Å². The van der Waals surface area contributed by atoms with Crippen LogP contribution < -0.4 is 0 Å². The molecule has 0 spiro atoms. The zero-order chi connectivity index (χ0) is 18.1. The number of hydrogen-bond acceptors (Lipinski definition) is 4.